The first-order valence-electron chi connectivity index (χ1n) is 5.16. The maximum Gasteiger partial charge on any atom is 0.179 e. The first-order valence-corrected chi connectivity index (χ1v) is 5.16. The maximum absolute atomic E-state index is 4.28. The van der Waals surface area contributed by atoms with Crippen LogP contribution in [0.5, 0.6) is 0 Å². The van der Waals surface area contributed by atoms with Crippen LogP contribution in [0.2, 0.25) is 0 Å². The van der Waals surface area contributed by atoms with Gasteiger partial charge in [-0.05, 0) is 13.0 Å². The van der Waals surface area contributed by atoms with E-state index in [4.69, 9.17) is 0 Å². The molecule has 15 heavy (non-hydrogen) atoms. The van der Waals surface area contributed by atoms with Crippen molar-refractivity contribution in [2.24, 2.45) is 0 Å². The molecule has 0 radical (unpaired) electrons. The molecule has 1 atom stereocenters. The average Bonchev–Trinajstić information content (AvgIpc) is 2.84. The van der Waals surface area contributed by atoms with Gasteiger partial charge in [-0.3, -0.25) is 9.38 Å². The van der Waals surface area contributed by atoms with E-state index in [9.17, 15) is 0 Å². The molecule has 2 aromatic heterocycles. The summed E-state index contributed by atoms with van der Waals surface area (Å²) in [4.78, 5) is 4.04. The highest BCUT2D eigenvalue weighted by atomic mass is 15.3. The van der Waals surface area contributed by atoms with Crippen molar-refractivity contribution in [1.29, 1.82) is 0 Å². The number of aromatic nitrogens is 4. The number of hydrogen-bond donors (Lipinski definition) is 1. The Hall–Kier alpha value is -1.49. The van der Waals surface area contributed by atoms with Crippen LogP contribution in [0.25, 0.3) is 5.65 Å². The van der Waals surface area contributed by atoms with Gasteiger partial charge in [0.1, 0.15) is 5.82 Å². The Morgan fingerprint density at radius 3 is 3.20 bits per heavy atom. The Labute approximate surface area is 87.5 Å². The zero-order chi connectivity index (χ0) is 10.3. The van der Waals surface area contributed by atoms with E-state index in [1.165, 1.54) is 0 Å². The van der Waals surface area contributed by atoms with Gasteiger partial charge in [0.2, 0.25) is 0 Å². The second-order valence-electron chi connectivity index (χ2n) is 4.32. The quantitative estimate of drug-likeness (QED) is 0.727. The van der Waals surface area contributed by atoms with Gasteiger partial charge in [-0.25, -0.2) is 0 Å². The highest BCUT2D eigenvalue weighted by molar-refractivity contribution is 5.35. The van der Waals surface area contributed by atoms with Gasteiger partial charge in [-0.2, -0.15) is 0 Å². The standard InChI is InChI=1S/C10H13N5/c1-10(2-3-12-7-10)9-14-13-8-6-11-4-5-15(8)9/h4-6,12H,2-3,7H2,1H3. The Morgan fingerprint density at radius 2 is 2.40 bits per heavy atom. The molecule has 0 amide bonds. The molecule has 1 fully saturated rings. The number of hydrogen-bond acceptors (Lipinski definition) is 4. The summed E-state index contributed by atoms with van der Waals surface area (Å²) in [5.41, 5.74) is 0.918. The van der Waals surface area contributed by atoms with Gasteiger partial charge >= 0.3 is 0 Å². The zero-order valence-corrected chi connectivity index (χ0v) is 8.64. The predicted molar refractivity (Wildman–Crippen MR) is 55.6 cm³/mol. The Morgan fingerprint density at radius 1 is 1.47 bits per heavy atom. The SMILES string of the molecule is CC1(c2nnc3cnccn23)CCNC1. The summed E-state index contributed by atoms with van der Waals surface area (Å²) in [6.45, 7) is 4.25. The maximum atomic E-state index is 4.28. The van der Waals surface area contributed by atoms with Crippen molar-refractivity contribution >= 4 is 5.65 Å². The summed E-state index contributed by atoms with van der Waals surface area (Å²) in [5.74, 6) is 1.03. The minimum Gasteiger partial charge on any atom is -0.316 e. The molecule has 0 aliphatic carbocycles. The lowest BCUT2D eigenvalue weighted by atomic mass is 9.89. The minimum absolute atomic E-state index is 0.0980. The van der Waals surface area contributed by atoms with Crippen LogP contribution in [-0.4, -0.2) is 32.7 Å². The molecule has 1 aliphatic rings. The summed E-state index contributed by atoms with van der Waals surface area (Å²) < 4.78 is 2.03. The molecular weight excluding hydrogens is 190 g/mol. The van der Waals surface area contributed by atoms with Crippen LogP contribution in [-0.2, 0) is 5.41 Å². The van der Waals surface area contributed by atoms with Crippen molar-refractivity contribution in [3.63, 3.8) is 0 Å². The minimum atomic E-state index is 0.0980. The number of nitrogens with zero attached hydrogens (tertiary/aromatic N) is 4. The molecule has 0 aromatic carbocycles. The Bertz CT molecular complexity index is 483. The lowest BCUT2D eigenvalue weighted by molar-refractivity contribution is 0.484. The number of nitrogens with one attached hydrogen (secondary N) is 1. The fraction of sp³-hybridized carbons (Fsp3) is 0.500. The molecule has 1 N–H and O–H groups in total. The summed E-state index contributed by atoms with van der Waals surface area (Å²) in [6.07, 6.45) is 6.54. The fourth-order valence-electron chi connectivity index (χ4n) is 2.17. The van der Waals surface area contributed by atoms with Crippen LogP contribution in [0.3, 0.4) is 0 Å². The van der Waals surface area contributed by atoms with E-state index >= 15 is 0 Å². The molecule has 0 spiro atoms. The molecule has 78 valence electrons. The van der Waals surface area contributed by atoms with Crippen molar-refractivity contribution in [2.75, 3.05) is 13.1 Å². The van der Waals surface area contributed by atoms with Gasteiger partial charge in [-0.15, -0.1) is 10.2 Å². The van der Waals surface area contributed by atoms with Gasteiger partial charge in [0.25, 0.3) is 0 Å². The first-order chi connectivity index (χ1) is 7.30. The zero-order valence-electron chi connectivity index (χ0n) is 8.64. The normalized spacial score (nSPS) is 26.2. The third-order valence-electron chi connectivity index (χ3n) is 3.12. The summed E-state index contributed by atoms with van der Waals surface area (Å²) >= 11 is 0. The van der Waals surface area contributed by atoms with Crippen molar-refractivity contribution in [3.05, 3.63) is 24.4 Å². The van der Waals surface area contributed by atoms with Crippen molar-refractivity contribution < 1.29 is 0 Å². The fourth-order valence-corrected chi connectivity index (χ4v) is 2.17. The first kappa shape index (κ1) is 8.79. The van der Waals surface area contributed by atoms with Crippen LogP contribution in [0.4, 0.5) is 0 Å². The van der Waals surface area contributed by atoms with E-state index in [-0.39, 0.29) is 5.41 Å². The largest absolute Gasteiger partial charge is 0.316 e. The third-order valence-corrected chi connectivity index (χ3v) is 3.12. The highest BCUT2D eigenvalue weighted by Gasteiger charge is 2.34. The Balaban J connectivity index is 2.18. The van der Waals surface area contributed by atoms with Crippen LogP contribution < -0.4 is 5.32 Å². The van der Waals surface area contributed by atoms with Crippen molar-refractivity contribution in [2.45, 2.75) is 18.8 Å². The molecule has 3 heterocycles. The van der Waals surface area contributed by atoms with Gasteiger partial charge in [0.05, 0.1) is 6.20 Å². The molecule has 1 aliphatic heterocycles. The van der Waals surface area contributed by atoms with E-state index in [1.54, 1.807) is 12.4 Å². The predicted octanol–water partition coefficient (Wildman–Crippen LogP) is 0.375. The molecular formula is C10H13N5. The van der Waals surface area contributed by atoms with Crippen LogP contribution >= 0.6 is 0 Å². The van der Waals surface area contributed by atoms with E-state index in [1.807, 2.05) is 10.6 Å². The van der Waals surface area contributed by atoms with Crippen LogP contribution in [0.1, 0.15) is 19.2 Å². The number of fused-ring (bicyclic) bond motifs is 1. The molecule has 0 saturated carbocycles. The topological polar surface area (TPSA) is 55.1 Å². The van der Waals surface area contributed by atoms with Gasteiger partial charge in [-0.1, -0.05) is 6.92 Å². The van der Waals surface area contributed by atoms with E-state index in [0.717, 1.165) is 31.0 Å². The van der Waals surface area contributed by atoms with E-state index < -0.39 is 0 Å². The summed E-state index contributed by atoms with van der Waals surface area (Å²) in [7, 11) is 0. The van der Waals surface area contributed by atoms with Gasteiger partial charge in [0, 0.05) is 24.4 Å². The second kappa shape index (κ2) is 3.00. The van der Waals surface area contributed by atoms with Gasteiger partial charge in [0.15, 0.2) is 5.65 Å². The molecule has 3 rings (SSSR count). The van der Waals surface area contributed by atoms with Crippen molar-refractivity contribution in [1.82, 2.24) is 24.9 Å². The van der Waals surface area contributed by atoms with E-state index in [0.29, 0.717) is 0 Å². The van der Waals surface area contributed by atoms with Crippen LogP contribution in [0, 0.1) is 0 Å². The summed E-state index contributed by atoms with van der Waals surface area (Å²) in [5, 5.41) is 11.8. The smallest absolute Gasteiger partial charge is 0.179 e. The summed E-state index contributed by atoms with van der Waals surface area (Å²) in [6, 6.07) is 0. The Kier molecular flexibility index (Phi) is 1.76. The average molecular weight is 203 g/mol. The van der Waals surface area contributed by atoms with Crippen LogP contribution in [0.15, 0.2) is 18.6 Å². The monoisotopic (exact) mass is 203 g/mol. The molecule has 2 aromatic rings. The third kappa shape index (κ3) is 1.23. The molecule has 1 unspecified atom stereocenters. The highest BCUT2D eigenvalue weighted by Crippen LogP contribution is 2.28. The molecule has 0 bridgehead atoms. The lowest BCUT2D eigenvalue weighted by Gasteiger charge is -2.19. The second-order valence-corrected chi connectivity index (χ2v) is 4.32. The van der Waals surface area contributed by atoms with Crippen molar-refractivity contribution in [3.8, 4) is 0 Å². The number of rotatable bonds is 1. The molecule has 5 nitrogen and oxygen atoms in total. The van der Waals surface area contributed by atoms with Gasteiger partial charge < -0.3 is 5.32 Å². The molecule has 5 heteroatoms. The lowest BCUT2D eigenvalue weighted by Crippen LogP contribution is -2.27. The molecule has 1 saturated heterocycles. The van der Waals surface area contributed by atoms with E-state index in [2.05, 4.69) is 27.4 Å².